The molecule has 132 valence electrons. The molecule has 2 aromatic carbocycles. The zero-order valence-electron chi connectivity index (χ0n) is 14.2. The monoisotopic (exact) mass is 350 g/mol. The number of fused-ring (bicyclic) bond motifs is 1. The van der Waals surface area contributed by atoms with Gasteiger partial charge in [0.1, 0.15) is 11.6 Å². The average Bonchev–Trinajstić information content (AvgIpc) is 3.15. The smallest absolute Gasteiger partial charge is 0.231 e. The maximum atomic E-state index is 5.40. The Morgan fingerprint density at radius 1 is 1.08 bits per heavy atom. The number of aromatic nitrogens is 2. The Labute approximate surface area is 151 Å². The first kappa shape index (κ1) is 16.0. The van der Waals surface area contributed by atoms with Gasteiger partial charge in [0.2, 0.25) is 12.7 Å². The van der Waals surface area contributed by atoms with Crippen LogP contribution in [-0.4, -0.2) is 23.9 Å². The molecule has 0 spiro atoms. The van der Waals surface area contributed by atoms with Crippen LogP contribution in [0.1, 0.15) is 5.56 Å². The van der Waals surface area contributed by atoms with Gasteiger partial charge in [-0.15, -0.1) is 0 Å². The summed E-state index contributed by atoms with van der Waals surface area (Å²) >= 11 is 0. The number of hydrogen-bond acceptors (Lipinski definition) is 7. The van der Waals surface area contributed by atoms with Crippen molar-refractivity contribution in [1.29, 1.82) is 0 Å². The topological polar surface area (TPSA) is 77.5 Å². The number of para-hydroxylation sites is 2. The quantitative estimate of drug-likeness (QED) is 0.704. The van der Waals surface area contributed by atoms with E-state index in [1.165, 1.54) is 0 Å². The molecule has 1 aliphatic heterocycles. The number of ether oxygens (including phenoxy) is 3. The molecule has 0 radical (unpaired) electrons. The SMILES string of the molecule is COc1ccccc1Nc1nccc(NCc2ccc3c(c2)OCO3)n1. The molecule has 1 aliphatic rings. The van der Waals surface area contributed by atoms with E-state index in [4.69, 9.17) is 14.2 Å². The molecule has 3 aromatic rings. The highest BCUT2D eigenvalue weighted by molar-refractivity contribution is 5.62. The fourth-order valence-corrected chi connectivity index (χ4v) is 2.63. The Morgan fingerprint density at radius 2 is 1.96 bits per heavy atom. The van der Waals surface area contributed by atoms with Crippen molar-refractivity contribution in [3.63, 3.8) is 0 Å². The summed E-state index contributed by atoms with van der Waals surface area (Å²) in [6.45, 7) is 0.887. The molecule has 0 amide bonds. The summed E-state index contributed by atoms with van der Waals surface area (Å²) in [5, 5.41) is 6.46. The third-order valence-electron chi connectivity index (χ3n) is 3.92. The Balaban J connectivity index is 1.44. The van der Waals surface area contributed by atoms with Crippen molar-refractivity contribution >= 4 is 17.5 Å². The fourth-order valence-electron chi connectivity index (χ4n) is 2.63. The normalized spacial score (nSPS) is 11.9. The number of anilines is 3. The van der Waals surface area contributed by atoms with Crippen molar-refractivity contribution in [2.45, 2.75) is 6.54 Å². The number of nitrogens with zero attached hydrogens (tertiary/aromatic N) is 2. The Morgan fingerprint density at radius 3 is 2.88 bits per heavy atom. The summed E-state index contributed by atoms with van der Waals surface area (Å²) in [4.78, 5) is 8.74. The van der Waals surface area contributed by atoms with Gasteiger partial charge in [0.15, 0.2) is 11.5 Å². The van der Waals surface area contributed by atoms with E-state index in [2.05, 4.69) is 20.6 Å². The van der Waals surface area contributed by atoms with Gasteiger partial charge in [-0.05, 0) is 35.9 Å². The van der Waals surface area contributed by atoms with Crippen LogP contribution >= 0.6 is 0 Å². The van der Waals surface area contributed by atoms with Crippen LogP contribution in [0.2, 0.25) is 0 Å². The summed E-state index contributed by atoms with van der Waals surface area (Å²) in [6, 6.07) is 15.3. The van der Waals surface area contributed by atoms with Crippen molar-refractivity contribution in [2.75, 3.05) is 24.5 Å². The van der Waals surface area contributed by atoms with Crippen molar-refractivity contribution in [3.05, 3.63) is 60.3 Å². The number of methoxy groups -OCH3 is 1. The predicted molar refractivity (Wildman–Crippen MR) is 98.2 cm³/mol. The zero-order valence-corrected chi connectivity index (χ0v) is 14.2. The average molecular weight is 350 g/mol. The molecule has 0 saturated heterocycles. The van der Waals surface area contributed by atoms with E-state index < -0.39 is 0 Å². The number of nitrogens with one attached hydrogen (secondary N) is 2. The van der Waals surface area contributed by atoms with E-state index in [-0.39, 0.29) is 6.79 Å². The summed E-state index contributed by atoms with van der Waals surface area (Å²) in [6.07, 6.45) is 1.70. The maximum absolute atomic E-state index is 5.40. The Hall–Kier alpha value is -3.48. The van der Waals surface area contributed by atoms with E-state index >= 15 is 0 Å². The minimum absolute atomic E-state index is 0.274. The predicted octanol–water partition coefficient (Wildman–Crippen LogP) is 3.57. The molecular weight excluding hydrogens is 332 g/mol. The highest BCUT2D eigenvalue weighted by Gasteiger charge is 2.13. The van der Waals surface area contributed by atoms with Gasteiger partial charge in [-0.25, -0.2) is 4.98 Å². The molecule has 7 heteroatoms. The maximum Gasteiger partial charge on any atom is 0.231 e. The highest BCUT2D eigenvalue weighted by Crippen LogP contribution is 2.32. The van der Waals surface area contributed by atoms with Crippen LogP contribution in [0.3, 0.4) is 0 Å². The second-order valence-corrected chi connectivity index (χ2v) is 5.63. The Bertz CT molecular complexity index is 917. The molecule has 0 bridgehead atoms. The van der Waals surface area contributed by atoms with Gasteiger partial charge >= 0.3 is 0 Å². The number of rotatable bonds is 6. The largest absolute Gasteiger partial charge is 0.495 e. The zero-order chi connectivity index (χ0) is 17.8. The summed E-state index contributed by atoms with van der Waals surface area (Å²) in [7, 11) is 1.63. The van der Waals surface area contributed by atoms with Crippen molar-refractivity contribution in [1.82, 2.24) is 9.97 Å². The summed E-state index contributed by atoms with van der Waals surface area (Å²) < 4.78 is 16.1. The molecule has 0 fully saturated rings. The lowest BCUT2D eigenvalue weighted by molar-refractivity contribution is 0.174. The van der Waals surface area contributed by atoms with Crippen molar-refractivity contribution in [3.8, 4) is 17.2 Å². The van der Waals surface area contributed by atoms with Gasteiger partial charge in [0.25, 0.3) is 0 Å². The van der Waals surface area contributed by atoms with Gasteiger partial charge in [0, 0.05) is 12.7 Å². The first-order valence-corrected chi connectivity index (χ1v) is 8.17. The van der Waals surface area contributed by atoms with Crippen molar-refractivity contribution < 1.29 is 14.2 Å². The standard InChI is InChI=1S/C19H18N4O3/c1-24-15-5-3-2-4-14(15)22-19-20-9-8-18(23-19)21-11-13-6-7-16-17(10-13)26-12-25-16/h2-10H,11-12H2,1H3,(H2,20,21,22,23). The lowest BCUT2D eigenvalue weighted by Crippen LogP contribution is -2.04. The van der Waals surface area contributed by atoms with Crippen LogP contribution in [0.25, 0.3) is 0 Å². The lowest BCUT2D eigenvalue weighted by Gasteiger charge is -2.11. The minimum Gasteiger partial charge on any atom is -0.495 e. The third-order valence-corrected chi connectivity index (χ3v) is 3.92. The highest BCUT2D eigenvalue weighted by atomic mass is 16.7. The van der Waals surface area contributed by atoms with E-state index in [9.17, 15) is 0 Å². The van der Waals surface area contributed by atoms with Crippen LogP contribution in [0, 0.1) is 0 Å². The van der Waals surface area contributed by atoms with Gasteiger partial charge in [0.05, 0.1) is 12.8 Å². The molecule has 26 heavy (non-hydrogen) atoms. The van der Waals surface area contributed by atoms with Gasteiger partial charge in [-0.3, -0.25) is 0 Å². The molecule has 2 N–H and O–H groups in total. The number of benzene rings is 2. The first-order valence-electron chi connectivity index (χ1n) is 8.17. The molecule has 2 heterocycles. The van der Waals surface area contributed by atoms with E-state index in [1.807, 2.05) is 48.5 Å². The van der Waals surface area contributed by atoms with E-state index in [0.29, 0.717) is 12.5 Å². The van der Waals surface area contributed by atoms with E-state index in [1.54, 1.807) is 13.3 Å². The molecule has 0 saturated carbocycles. The first-order chi connectivity index (χ1) is 12.8. The third kappa shape index (κ3) is 3.46. The van der Waals surface area contributed by atoms with Gasteiger partial charge in [-0.1, -0.05) is 18.2 Å². The molecule has 0 atom stereocenters. The van der Waals surface area contributed by atoms with Crippen LogP contribution < -0.4 is 24.8 Å². The summed E-state index contributed by atoms with van der Waals surface area (Å²) in [5.74, 6) is 3.49. The van der Waals surface area contributed by atoms with Gasteiger partial charge < -0.3 is 24.8 Å². The minimum atomic E-state index is 0.274. The van der Waals surface area contributed by atoms with E-state index in [0.717, 1.165) is 34.3 Å². The molecule has 4 rings (SSSR count). The lowest BCUT2D eigenvalue weighted by atomic mass is 10.2. The number of hydrogen-bond donors (Lipinski definition) is 2. The van der Waals surface area contributed by atoms with Crippen LogP contribution in [0.15, 0.2) is 54.7 Å². The molecule has 1 aromatic heterocycles. The summed E-state index contributed by atoms with van der Waals surface area (Å²) in [5.41, 5.74) is 1.88. The second-order valence-electron chi connectivity index (χ2n) is 5.63. The van der Waals surface area contributed by atoms with Crippen molar-refractivity contribution in [2.24, 2.45) is 0 Å². The Kier molecular flexibility index (Phi) is 4.42. The molecular formula is C19H18N4O3. The second kappa shape index (κ2) is 7.18. The van der Waals surface area contributed by atoms with Crippen LogP contribution in [-0.2, 0) is 6.54 Å². The fraction of sp³-hybridized carbons (Fsp3) is 0.158. The van der Waals surface area contributed by atoms with Crippen LogP contribution in [0.4, 0.5) is 17.5 Å². The molecule has 0 unspecified atom stereocenters. The molecule has 0 aliphatic carbocycles. The van der Waals surface area contributed by atoms with Gasteiger partial charge in [-0.2, -0.15) is 4.98 Å². The van der Waals surface area contributed by atoms with Crippen LogP contribution in [0.5, 0.6) is 17.2 Å². The molecule has 7 nitrogen and oxygen atoms in total.